The summed E-state index contributed by atoms with van der Waals surface area (Å²) in [6.45, 7) is 16.0. The summed E-state index contributed by atoms with van der Waals surface area (Å²) in [5.41, 5.74) is 8.58. The molecule has 0 saturated carbocycles. The van der Waals surface area contributed by atoms with Gasteiger partial charge in [-0.15, -0.1) is 54.1 Å². The molecule has 4 aromatic heterocycles. The molecular weight excluding hydrogens is 814 g/mol. The van der Waals surface area contributed by atoms with E-state index in [1.54, 1.807) is 18.2 Å². The topological polar surface area (TPSA) is 51.8 Å². The Morgan fingerprint density at radius 2 is 1.56 bits per heavy atom. The van der Waals surface area contributed by atoms with Gasteiger partial charge >= 0.3 is 0 Å². The molecule has 1 radical (unpaired) electrons. The largest absolute Gasteiger partial charge is 0.486 e. The minimum absolute atomic E-state index is 0. The molecule has 4 nitrogen and oxygen atoms in total. The standard InChI is InChI=1S/C25H18FN2O.C18H24NSi.Ir/c1-15(2)16-12-13-27-23(14-16)20-8-5-7-17-18-10-11-22(28-25(18)29-24(17)20)19-6-3-4-9-21(19)26;1-14(2)11-16-12-17(15-9-7-6-8-10-15)19-13-18(16)20(3,4)5;/h3-7,9-15H,1-2H3;6-9,12-14H,11H2,1-5H3;/q2*-1;. The normalized spacial score (nSPS) is 11.5. The number of rotatable bonds is 7. The molecule has 0 atom stereocenters. The van der Waals surface area contributed by atoms with Crippen molar-refractivity contribution in [3.8, 4) is 33.8 Å². The van der Waals surface area contributed by atoms with Crippen LogP contribution in [0.4, 0.5) is 4.39 Å². The second-order valence-corrected chi connectivity index (χ2v) is 19.2. The Kier molecular flexibility index (Phi) is 11.6. The third-order valence-corrected chi connectivity index (χ3v) is 10.6. The summed E-state index contributed by atoms with van der Waals surface area (Å²) in [5, 5.41) is 3.32. The molecule has 0 fully saturated rings. The summed E-state index contributed by atoms with van der Waals surface area (Å²) >= 11 is 0. The fraction of sp³-hybridized carbons (Fsp3) is 0.233. The zero-order chi connectivity index (χ0) is 34.7. The fourth-order valence-corrected chi connectivity index (χ4v) is 7.64. The van der Waals surface area contributed by atoms with Crippen LogP contribution in [0.5, 0.6) is 0 Å². The van der Waals surface area contributed by atoms with E-state index >= 15 is 0 Å². The molecule has 0 aliphatic rings. The van der Waals surface area contributed by atoms with Crippen LogP contribution in [0.3, 0.4) is 0 Å². The van der Waals surface area contributed by atoms with Crippen LogP contribution in [0.1, 0.15) is 44.7 Å². The molecule has 4 heterocycles. The zero-order valence-corrected chi connectivity index (χ0v) is 33.0. The number of aromatic nitrogens is 3. The van der Waals surface area contributed by atoms with Crippen molar-refractivity contribution in [1.29, 1.82) is 0 Å². The van der Waals surface area contributed by atoms with Crippen molar-refractivity contribution >= 4 is 35.3 Å². The number of hydrogen-bond donors (Lipinski definition) is 0. The first-order valence-corrected chi connectivity index (χ1v) is 20.4. The summed E-state index contributed by atoms with van der Waals surface area (Å²) < 4.78 is 20.3. The molecule has 3 aromatic carbocycles. The van der Waals surface area contributed by atoms with Crippen LogP contribution in [0.25, 0.3) is 55.8 Å². The predicted molar refractivity (Wildman–Crippen MR) is 203 cm³/mol. The van der Waals surface area contributed by atoms with Crippen LogP contribution in [-0.4, -0.2) is 23.0 Å². The number of furan rings is 1. The number of benzene rings is 3. The van der Waals surface area contributed by atoms with Gasteiger partial charge in [-0.25, -0.2) is 9.37 Å². The van der Waals surface area contributed by atoms with Crippen LogP contribution in [0.15, 0.2) is 108 Å². The molecule has 0 aliphatic heterocycles. The molecule has 7 aromatic rings. The van der Waals surface area contributed by atoms with Crippen LogP contribution < -0.4 is 5.19 Å². The maximum atomic E-state index is 14.2. The van der Waals surface area contributed by atoms with E-state index in [-0.39, 0.29) is 25.9 Å². The van der Waals surface area contributed by atoms with Gasteiger partial charge in [-0.2, -0.15) is 0 Å². The van der Waals surface area contributed by atoms with Gasteiger partial charge in [0.1, 0.15) is 5.82 Å². The molecule has 7 heteroatoms. The second kappa shape index (κ2) is 15.7. The Labute approximate surface area is 309 Å². The molecule has 0 amide bonds. The molecule has 0 saturated heterocycles. The Morgan fingerprint density at radius 3 is 2.26 bits per heavy atom. The predicted octanol–water partition coefficient (Wildman–Crippen LogP) is 11.1. The van der Waals surface area contributed by atoms with E-state index in [1.165, 1.54) is 22.4 Å². The molecule has 0 N–H and O–H groups in total. The first-order chi connectivity index (χ1) is 23.5. The van der Waals surface area contributed by atoms with Gasteiger partial charge in [0.05, 0.1) is 19.4 Å². The van der Waals surface area contributed by atoms with Crippen molar-refractivity contribution in [1.82, 2.24) is 15.0 Å². The van der Waals surface area contributed by atoms with Crippen molar-refractivity contribution in [3.63, 3.8) is 0 Å². The third-order valence-electron chi connectivity index (χ3n) is 8.57. The average Bonchev–Trinajstić information content (AvgIpc) is 3.46. The molecule has 50 heavy (non-hydrogen) atoms. The molecule has 7 rings (SSSR count). The second-order valence-electron chi connectivity index (χ2n) is 14.2. The van der Waals surface area contributed by atoms with Gasteiger partial charge in [-0.05, 0) is 65.2 Å². The Balaban J connectivity index is 0.000000204. The smallest absolute Gasteiger partial charge is 0.216 e. The number of halogens is 1. The summed E-state index contributed by atoms with van der Waals surface area (Å²) in [5.74, 6) is 0.760. The van der Waals surface area contributed by atoms with E-state index < -0.39 is 8.07 Å². The number of fused-ring (bicyclic) bond motifs is 3. The van der Waals surface area contributed by atoms with Crippen molar-refractivity contribution in [3.05, 3.63) is 132 Å². The summed E-state index contributed by atoms with van der Waals surface area (Å²) in [6.07, 6.45) is 5.05. The van der Waals surface area contributed by atoms with Gasteiger partial charge in [0.15, 0.2) is 0 Å². The Bertz CT molecular complexity index is 2220. The first-order valence-electron chi connectivity index (χ1n) is 16.9. The number of hydrogen-bond acceptors (Lipinski definition) is 4. The van der Waals surface area contributed by atoms with Crippen molar-refractivity contribution in [2.24, 2.45) is 5.92 Å². The Morgan fingerprint density at radius 1 is 0.780 bits per heavy atom. The van der Waals surface area contributed by atoms with Gasteiger partial charge in [0.2, 0.25) is 5.71 Å². The monoisotopic (exact) mass is 856 g/mol. The van der Waals surface area contributed by atoms with Gasteiger partial charge in [0.25, 0.3) is 0 Å². The van der Waals surface area contributed by atoms with Gasteiger partial charge < -0.3 is 14.4 Å². The van der Waals surface area contributed by atoms with Crippen LogP contribution in [0.2, 0.25) is 19.6 Å². The molecule has 0 aliphatic carbocycles. The third kappa shape index (κ3) is 8.18. The van der Waals surface area contributed by atoms with E-state index in [0.29, 0.717) is 34.4 Å². The summed E-state index contributed by atoms with van der Waals surface area (Å²) in [6, 6.07) is 35.2. The van der Waals surface area contributed by atoms with Gasteiger partial charge in [0, 0.05) is 43.4 Å². The Hall–Kier alpha value is -4.29. The SMILES string of the molecule is CC(C)Cc1cc(-c2[c-]cccc2)ncc1[Si](C)(C)C.CC(C)c1ccnc(-c2[c-]ccc3c2oc2nc(-c4ccccc4F)ccc23)c1.[Ir]. The van der Waals surface area contributed by atoms with E-state index in [9.17, 15) is 4.39 Å². The molecular formula is C43H42FIrN3OSi-2. The van der Waals surface area contributed by atoms with Crippen molar-refractivity contribution in [2.75, 3.05) is 0 Å². The molecule has 257 valence electrons. The molecule has 0 unspecified atom stereocenters. The number of pyridine rings is 3. The minimum Gasteiger partial charge on any atom is -0.486 e. The van der Waals surface area contributed by atoms with Crippen LogP contribution in [0, 0.1) is 23.9 Å². The first kappa shape index (κ1) is 37.0. The van der Waals surface area contributed by atoms with Crippen LogP contribution >= 0.6 is 0 Å². The van der Waals surface area contributed by atoms with E-state index in [4.69, 9.17) is 4.42 Å². The van der Waals surface area contributed by atoms with E-state index in [2.05, 4.69) is 98.8 Å². The van der Waals surface area contributed by atoms with Crippen LogP contribution in [-0.2, 0) is 26.5 Å². The van der Waals surface area contributed by atoms with E-state index in [0.717, 1.165) is 39.7 Å². The minimum atomic E-state index is -1.34. The molecule has 0 bridgehead atoms. The fourth-order valence-electron chi connectivity index (χ4n) is 6.06. The van der Waals surface area contributed by atoms with Crippen molar-refractivity contribution < 1.29 is 28.9 Å². The zero-order valence-electron chi connectivity index (χ0n) is 29.6. The quantitative estimate of drug-likeness (QED) is 0.118. The molecule has 0 spiro atoms. The number of nitrogens with zero attached hydrogens (tertiary/aromatic N) is 3. The van der Waals surface area contributed by atoms with Gasteiger partial charge in [-0.3, -0.25) is 0 Å². The summed E-state index contributed by atoms with van der Waals surface area (Å²) in [4.78, 5) is 13.8. The van der Waals surface area contributed by atoms with E-state index in [1.807, 2.05) is 54.7 Å². The summed E-state index contributed by atoms with van der Waals surface area (Å²) in [7, 11) is -1.34. The maximum absolute atomic E-state index is 14.2. The van der Waals surface area contributed by atoms with Crippen molar-refractivity contribution in [2.45, 2.75) is 59.7 Å². The average molecular weight is 856 g/mol. The maximum Gasteiger partial charge on any atom is 0.216 e. The van der Waals surface area contributed by atoms with Gasteiger partial charge in [-0.1, -0.05) is 93.7 Å².